The largest absolute Gasteiger partial charge is 0.0673 e. The van der Waals surface area contributed by atoms with Gasteiger partial charge in [0.2, 0.25) is 0 Å². The van der Waals surface area contributed by atoms with Gasteiger partial charge in [0, 0.05) is 10.6 Å². The summed E-state index contributed by atoms with van der Waals surface area (Å²) in [5.74, 6) is 4.65. The third kappa shape index (κ3) is 6.57. The van der Waals surface area contributed by atoms with Gasteiger partial charge >= 0.3 is 0 Å². The van der Waals surface area contributed by atoms with Crippen molar-refractivity contribution in [1.82, 2.24) is 0 Å². The van der Waals surface area contributed by atoms with E-state index in [1.54, 1.807) is 0 Å². The van der Waals surface area contributed by atoms with E-state index < -0.39 is 0 Å². The van der Waals surface area contributed by atoms with Gasteiger partial charge in [0.25, 0.3) is 0 Å². The summed E-state index contributed by atoms with van der Waals surface area (Å²) in [7, 11) is 2.48. The molecule has 2 heteroatoms. The molecule has 0 spiro atoms. The summed E-state index contributed by atoms with van der Waals surface area (Å²) < 4.78 is 0. The van der Waals surface area contributed by atoms with E-state index in [4.69, 9.17) is 0 Å². The fourth-order valence-corrected chi connectivity index (χ4v) is 9.06. The Labute approximate surface area is 288 Å². The minimum atomic E-state index is 1.24. The van der Waals surface area contributed by atoms with E-state index in [0.717, 1.165) is 0 Å². The van der Waals surface area contributed by atoms with Crippen molar-refractivity contribution in [3.05, 3.63) is 166 Å². The molecular weight excluding hydrogens is 614 g/mol. The van der Waals surface area contributed by atoms with Gasteiger partial charge in [-0.2, -0.15) is 0 Å². The summed E-state index contributed by atoms with van der Waals surface area (Å²) in [6.45, 7) is 13.2. The van der Waals surface area contributed by atoms with Crippen LogP contribution in [0.2, 0.25) is 0 Å². The molecular formula is C46H40P2. The van der Waals surface area contributed by atoms with Crippen molar-refractivity contribution in [1.29, 1.82) is 0 Å². The summed E-state index contributed by atoms with van der Waals surface area (Å²) in [6, 6.07) is 45.3. The molecule has 0 nitrogen and oxygen atoms in total. The molecule has 0 N–H and O–H groups in total. The summed E-state index contributed by atoms with van der Waals surface area (Å²) >= 11 is 0. The Kier molecular flexibility index (Phi) is 8.98. The molecule has 0 aromatic heterocycles. The van der Waals surface area contributed by atoms with E-state index in [1.165, 1.54) is 115 Å². The fourth-order valence-electron chi connectivity index (χ4n) is 7.08. The first-order valence-corrected chi connectivity index (χ1v) is 18.6. The van der Waals surface area contributed by atoms with E-state index >= 15 is 0 Å². The van der Waals surface area contributed by atoms with Crippen LogP contribution in [0.4, 0.5) is 0 Å². The molecule has 0 amide bonds. The van der Waals surface area contributed by atoms with E-state index in [2.05, 4.69) is 174 Å². The first kappa shape index (κ1) is 32.0. The number of rotatable bonds is 6. The van der Waals surface area contributed by atoms with Gasteiger partial charge in [-0.15, -0.1) is 0 Å². The Hall–Kier alpha value is -4.60. The number of fused-ring (bicyclic) bond motifs is 2. The molecule has 48 heavy (non-hydrogen) atoms. The van der Waals surface area contributed by atoms with Crippen LogP contribution < -0.4 is 10.6 Å². The molecule has 7 aromatic carbocycles. The minimum Gasteiger partial charge on any atom is -0.0673 e. The van der Waals surface area contributed by atoms with Crippen LogP contribution in [-0.2, 0) is 0 Å². The summed E-state index contributed by atoms with van der Waals surface area (Å²) in [5.41, 5.74) is 15.6. The maximum Gasteiger partial charge on any atom is 0.00766 e. The van der Waals surface area contributed by atoms with Crippen LogP contribution in [0, 0.1) is 41.5 Å². The maximum absolute atomic E-state index is 2.40. The van der Waals surface area contributed by atoms with Crippen LogP contribution in [0.15, 0.2) is 121 Å². The van der Waals surface area contributed by atoms with Gasteiger partial charge in [-0.25, -0.2) is 0 Å². The maximum atomic E-state index is 2.40. The molecule has 0 heterocycles. The standard InChI is InChI=1S/C46H40P2/c1-29-21-31(3)45(32(4)22-29)47-27-35-13-17-37(18-14-35)41-11-7-9-39-25-40-10-8-12-42(44(40)26-43(39)41)38-19-15-36(16-20-38)28-48-46-33(5)23-30(2)24-34(46)6/h7-28H,1-6H3. The average Bonchev–Trinajstić information content (AvgIpc) is 3.06. The van der Waals surface area contributed by atoms with Crippen molar-refractivity contribution in [2.75, 3.05) is 0 Å². The molecule has 0 aliphatic carbocycles. The molecule has 234 valence electrons. The third-order valence-electron chi connectivity index (χ3n) is 9.28. The Morgan fingerprint density at radius 2 is 0.771 bits per heavy atom. The van der Waals surface area contributed by atoms with E-state index in [-0.39, 0.29) is 0 Å². The second kappa shape index (κ2) is 13.5. The highest BCUT2D eigenvalue weighted by molar-refractivity contribution is 7.48. The second-order valence-electron chi connectivity index (χ2n) is 13.2. The molecule has 0 radical (unpaired) electrons. The molecule has 0 atom stereocenters. The van der Waals surface area contributed by atoms with Gasteiger partial charge < -0.3 is 0 Å². The lowest BCUT2D eigenvalue weighted by Gasteiger charge is -2.12. The SMILES string of the molecule is Cc1cc(C)c(P=Cc2ccc(-c3cccc4cc5cccc(-c6ccc(C=Pc7c(C)cc(C)cc7C)cc6)c5cc34)cc2)c(C)c1. The van der Waals surface area contributed by atoms with Crippen molar-refractivity contribution in [2.45, 2.75) is 41.5 Å². The van der Waals surface area contributed by atoms with Crippen LogP contribution in [0.1, 0.15) is 44.5 Å². The van der Waals surface area contributed by atoms with Crippen LogP contribution in [0.3, 0.4) is 0 Å². The van der Waals surface area contributed by atoms with Gasteiger partial charge in [-0.05, 0) is 142 Å². The zero-order valence-corrected chi connectivity index (χ0v) is 30.4. The van der Waals surface area contributed by atoms with Crippen molar-refractivity contribution >= 4 is 60.2 Å². The molecule has 0 fully saturated rings. The quantitative estimate of drug-likeness (QED) is 0.124. The summed E-state index contributed by atoms with van der Waals surface area (Å²) in [5, 5.41) is 7.91. The topological polar surface area (TPSA) is 0 Å². The van der Waals surface area contributed by atoms with Crippen LogP contribution in [0.5, 0.6) is 0 Å². The van der Waals surface area contributed by atoms with Crippen molar-refractivity contribution in [3.63, 3.8) is 0 Å². The smallest absolute Gasteiger partial charge is 0.00766 e. The van der Waals surface area contributed by atoms with Crippen LogP contribution in [-0.4, -0.2) is 11.6 Å². The average molecular weight is 655 g/mol. The molecule has 0 saturated carbocycles. The highest BCUT2D eigenvalue weighted by Gasteiger charge is 2.10. The Balaban J connectivity index is 1.20. The second-order valence-corrected chi connectivity index (χ2v) is 15.1. The third-order valence-corrected chi connectivity index (χ3v) is 12.1. The van der Waals surface area contributed by atoms with E-state index in [0.29, 0.717) is 0 Å². The molecule has 7 rings (SSSR count). The Bertz CT molecular complexity index is 2160. The molecule has 0 unspecified atom stereocenters. The number of benzene rings is 7. The number of aryl methyl sites for hydroxylation is 6. The predicted molar refractivity (Wildman–Crippen MR) is 217 cm³/mol. The lowest BCUT2D eigenvalue weighted by molar-refractivity contribution is 1.36. The lowest BCUT2D eigenvalue weighted by Crippen LogP contribution is -2.04. The van der Waals surface area contributed by atoms with Gasteiger partial charge in [-0.3, -0.25) is 0 Å². The minimum absolute atomic E-state index is 1.24. The number of hydrogen-bond donors (Lipinski definition) is 0. The highest BCUT2D eigenvalue weighted by atomic mass is 31.1. The first-order valence-electron chi connectivity index (χ1n) is 16.6. The molecule has 0 aliphatic heterocycles. The zero-order valence-electron chi connectivity index (χ0n) is 28.6. The van der Waals surface area contributed by atoms with Gasteiger partial charge in [-0.1, -0.05) is 137 Å². The lowest BCUT2D eigenvalue weighted by atomic mass is 9.92. The van der Waals surface area contributed by atoms with E-state index in [1.807, 2.05) is 0 Å². The molecule has 0 bridgehead atoms. The Morgan fingerprint density at radius 3 is 1.15 bits per heavy atom. The Morgan fingerprint density at radius 1 is 0.396 bits per heavy atom. The van der Waals surface area contributed by atoms with Gasteiger partial charge in [0.15, 0.2) is 0 Å². The highest BCUT2D eigenvalue weighted by Crippen LogP contribution is 2.36. The monoisotopic (exact) mass is 654 g/mol. The van der Waals surface area contributed by atoms with Crippen molar-refractivity contribution < 1.29 is 0 Å². The van der Waals surface area contributed by atoms with Gasteiger partial charge in [0.05, 0.1) is 0 Å². The number of hydrogen-bond acceptors (Lipinski definition) is 0. The zero-order chi connectivity index (χ0) is 33.4. The molecule has 7 aromatic rings. The molecule has 0 aliphatic rings. The van der Waals surface area contributed by atoms with Gasteiger partial charge in [0.1, 0.15) is 0 Å². The predicted octanol–water partition coefficient (Wildman–Crippen LogP) is 12.0. The first-order chi connectivity index (χ1) is 23.2. The fraction of sp³-hybridized carbons (Fsp3) is 0.130. The van der Waals surface area contributed by atoms with Crippen molar-refractivity contribution in [3.8, 4) is 22.3 Å². The van der Waals surface area contributed by atoms with Crippen LogP contribution >= 0.6 is 16.4 Å². The summed E-state index contributed by atoms with van der Waals surface area (Å²) in [4.78, 5) is 0. The van der Waals surface area contributed by atoms with Crippen LogP contribution in [0.25, 0.3) is 43.8 Å². The normalized spacial score (nSPS) is 11.8. The van der Waals surface area contributed by atoms with E-state index in [9.17, 15) is 0 Å². The molecule has 0 saturated heterocycles. The summed E-state index contributed by atoms with van der Waals surface area (Å²) in [6.07, 6.45) is 0. The van der Waals surface area contributed by atoms with Crippen molar-refractivity contribution in [2.24, 2.45) is 0 Å².